The van der Waals surface area contributed by atoms with Gasteiger partial charge in [0, 0.05) is 13.1 Å². The maximum atomic E-state index is 12.1. The molecule has 3 aromatic rings. The minimum absolute atomic E-state index is 0.0747. The number of aromatic nitrogens is 2. The molecule has 82 valence electrons. The quantitative estimate of drug-likeness (QED) is 0.632. The van der Waals surface area contributed by atoms with E-state index < -0.39 is 0 Å². The lowest BCUT2D eigenvalue weighted by molar-refractivity contribution is 0.561. The highest BCUT2D eigenvalue weighted by atomic mass is 16.3. The van der Waals surface area contributed by atoms with Crippen molar-refractivity contribution in [2.75, 3.05) is 0 Å². The molecule has 0 amide bonds. The van der Waals surface area contributed by atoms with Crippen LogP contribution in [0.2, 0.25) is 0 Å². The first kappa shape index (κ1) is 9.60. The van der Waals surface area contributed by atoms with Crippen molar-refractivity contribution in [3.8, 4) is 6.07 Å². The molecule has 0 aliphatic rings. The summed E-state index contributed by atoms with van der Waals surface area (Å²) in [5.74, 6) is 0.495. The Kier molecular flexibility index (Phi) is 1.80. The third kappa shape index (κ3) is 1.24. The number of aromatic amines is 1. The van der Waals surface area contributed by atoms with Crippen molar-refractivity contribution in [2.45, 2.75) is 6.92 Å². The first-order valence-electron chi connectivity index (χ1n) is 5.02. The number of rotatable bonds is 0. The predicted octanol–water partition coefficient (Wildman–Crippen LogP) is 1.85. The highest BCUT2D eigenvalue weighted by Gasteiger charge is 2.12. The van der Waals surface area contributed by atoms with Gasteiger partial charge in [-0.1, -0.05) is 0 Å². The van der Waals surface area contributed by atoms with Crippen LogP contribution in [0.15, 0.2) is 27.5 Å². The normalized spacial score (nSPS) is 10.8. The molecular formula is C12H7N3O2. The van der Waals surface area contributed by atoms with Gasteiger partial charge < -0.3 is 9.40 Å². The van der Waals surface area contributed by atoms with Crippen molar-refractivity contribution in [2.24, 2.45) is 0 Å². The third-order valence-electron chi connectivity index (χ3n) is 2.63. The molecule has 5 nitrogen and oxygen atoms in total. The molecule has 0 radical (unpaired) electrons. The lowest BCUT2D eigenvalue weighted by Gasteiger charge is -1.97. The summed E-state index contributed by atoms with van der Waals surface area (Å²) in [6.07, 6.45) is 1.41. The van der Waals surface area contributed by atoms with Crippen molar-refractivity contribution in [1.29, 1.82) is 5.26 Å². The van der Waals surface area contributed by atoms with E-state index in [4.69, 9.17) is 9.68 Å². The fourth-order valence-electron chi connectivity index (χ4n) is 1.89. The van der Waals surface area contributed by atoms with Crippen molar-refractivity contribution in [1.82, 2.24) is 9.97 Å². The van der Waals surface area contributed by atoms with Crippen LogP contribution in [0.5, 0.6) is 0 Å². The van der Waals surface area contributed by atoms with Gasteiger partial charge >= 0.3 is 0 Å². The van der Waals surface area contributed by atoms with E-state index >= 15 is 0 Å². The highest BCUT2D eigenvalue weighted by molar-refractivity contribution is 6.01. The molecule has 0 saturated carbocycles. The van der Waals surface area contributed by atoms with Gasteiger partial charge in [0.15, 0.2) is 11.5 Å². The average Bonchev–Trinajstić information content (AvgIpc) is 2.69. The van der Waals surface area contributed by atoms with Crippen LogP contribution in [0.25, 0.3) is 22.0 Å². The Labute approximate surface area is 95.3 Å². The van der Waals surface area contributed by atoms with E-state index in [1.807, 2.05) is 6.07 Å². The Morgan fingerprint density at radius 1 is 1.47 bits per heavy atom. The van der Waals surface area contributed by atoms with Crippen molar-refractivity contribution in [3.63, 3.8) is 0 Å². The highest BCUT2D eigenvalue weighted by Crippen LogP contribution is 2.21. The minimum Gasteiger partial charge on any atom is -0.441 e. The van der Waals surface area contributed by atoms with Gasteiger partial charge in [-0.25, -0.2) is 4.98 Å². The largest absolute Gasteiger partial charge is 0.441 e. The summed E-state index contributed by atoms with van der Waals surface area (Å²) in [7, 11) is 0. The zero-order chi connectivity index (χ0) is 12.0. The molecule has 0 bridgehead atoms. The number of benzene rings is 1. The van der Waals surface area contributed by atoms with Crippen molar-refractivity contribution >= 4 is 22.0 Å². The molecule has 2 aromatic heterocycles. The van der Waals surface area contributed by atoms with E-state index in [0.717, 1.165) is 0 Å². The van der Waals surface area contributed by atoms with Gasteiger partial charge in [-0.15, -0.1) is 0 Å². The summed E-state index contributed by atoms with van der Waals surface area (Å²) >= 11 is 0. The molecule has 0 saturated heterocycles. The van der Waals surface area contributed by atoms with E-state index in [1.165, 1.54) is 6.20 Å². The lowest BCUT2D eigenvalue weighted by Crippen LogP contribution is -2.07. The topological polar surface area (TPSA) is 82.7 Å². The van der Waals surface area contributed by atoms with Crippen LogP contribution < -0.4 is 5.43 Å². The number of nitrogens with zero attached hydrogens (tertiary/aromatic N) is 2. The Hall–Kier alpha value is -2.61. The van der Waals surface area contributed by atoms with E-state index in [2.05, 4.69) is 9.97 Å². The van der Waals surface area contributed by atoms with Crippen LogP contribution in [0, 0.1) is 18.3 Å². The Morgan fingerprint density at radius 3 is 3.06 bits per heavy atom. The fourth-order valence-corrected chi connectivity index (χ4v) is 1.89. The zero-order valence-corrected chi connectivity index (χ0v) is 8.94. The molecule has 1 N–H and O–H groups in total. The van der Waals surface area contributed by atoms with Crippen molar-refractivity contribution < 1.29 is 4.42 Å². The van der Waals surface area contributed by atoms with Gasteiger partial charge in [-0.05, 0) is 12.1 Å². The van der Waals surface area contributed by atoms with Crippen LogP contribution in [0.1, 0.15) is 11.5 Å². The zero-order valence-electron chi connectivity index (χ0n) is 8.94. The number of pyridine rings is 1. The molecule has 0 spiro atoms. The lowest BCUT2D eigenvalue weighted by atomic mass is 10.1. The number of oxazole rings is 1. The SMILES string of the molecule is Cc1nc2c(ccc3[nH]cc(C#N)c(=O)c32)o1. The van der Waals surface area contributed by atoms with E-state index in [9.17, 15) is 4.79 Å². The molecule has 0 fully saturated rings. The second-order valence-corrected chi connectivity index (χ2v) is 3.71. The summed E-state index contributed by atoms with van der Waals surface area (Å²) in [4.78, 5) is 19.1. The van der Waals surface area contributed by atoms with Gasteiger partial charge in [-0.3, -0.25) is 4.79 Å². The first-order chi connectivity index (χ1) is 8.20. The fraction of sp³-hybridized carbons (Fsp3) is 0.0833. The second-order valence-electron chi connectivity index (χ2n) is 3.71. The minimum atomic E-state index is -0.319. The summed E-state index contributed by atoms with van der Waals surface area (Å²) < 4.78 is 5.36. The maximum absolute atomic E-state index is 12.1. The monoisotopic (exact) mass is 225 g/mol. The number of hydrogen-bond donors (Lipinski definition) is 1. The molecule has 0 aliphatic heterocycles. The van der Waals surface area contributed by atoms with Crippen LogP contribution >= 0.6 is 0 Å². The molecule has 17 heavy (non-hydrogen) atoms. The number of aryl methyl sites for hydroxylation is 1. The van der Waals surface area contributed by atoms with Gasteiger partial charge in [0.05, 0.1) is 10.9 Å². The number of hydrogen-bond acceptors (Lipinski definition) is 4. The number of nitrogens with one attached hydrogen (secondary N) is 1. The maximum Gasteiger partial charge on any atom is 0.209 e. The second kappa shape index (κ2) is 3.19. The van der Waals surface area contributed by atoms with Crippen LogP contribution in [-0.2, 0) is 0 Å². The van der Waals surface area contributed by atoms with Crippen LogP contribution in [-0.4, -0.2) is 9.97 Å². The summed E-state index contributed by atoms with van der Waals surface area (Å²) in [5, 5.41) is 9.24. The van der Waals surface area contributed by atoms with Crippen LogP contribution in [0.4, 0.5) is 0 Å². The molecular weight excluding hydrogens is 218 g/mol. The van der Waals surface area contributed by atoms with Gasteiger partial charge in [0.2, 0.25) is 5.43 Å². The van der Waals surface area contributed by atoms with Gasteiger partial charge in [-0.2, -0.15) is 5.26 Å². The van der Waals surface area contributed by atoms with E-state index in [0.29, 0.717) is 27.9 Å². The van der Waals surface area contributed by atoms with E-state index in [-0.39, 0.29) is 11.0 Å². The molecule has 0 aliphatic carbocycles. The predicted molar refractivity (Wildman–Crippen MR) is 61.6 cm³/mol. The molecule has 3 rings (SSSR count). The summed E-state index contributed by atoms with van der Waals surface area (Å²) in [6.45, 7) is 1.72. The Morgan fingerprint density at radius 2 is 2.29 bits per heavy atom. The summed E-state index contributed by atoms with van der Waals surface area (Å²) in [5.41, 5.74) is 1.45. The Bertz CT molecular complexity index is 836. The summed E-state index contributed by atoms with van der Waals surface area (Å²) in [6, 6.07) is 5.35. The van der Waals surface area contributed by atoms with Crippen LogP contribution in [0.3, 0.4) is 0 Å². The molecule has 1 aromatic carbocycles. The average molecular weight is 225 g/mol. The van der Waals surface area contributed by atoms with Gasteiger partial charge in [0.1, 0.15) is 17.1 Å². The van der Waals surface area contributed by atoms with Crippen molar-refractivity contribution in [3.05, 3.63) is 40.0 Å². The number of fused-ring (bicyclic) bond motifs is 3. The molecule has 2 heterocycles. The molecule has 0 atom stereocenters. The standard InChI is InChI=1S/C12H7N3O2/c1-6-15-11-9(17-6)3-2-8-10(11)12(16)7(4-13)5-14-8/h2-3,5H,1H3,(H,14,16). The number of H-pyrrole nitrogens is 1. The number of nitriles is 1. The third-order valence-corrected chi connectivity index (χ3v) is 2.63. The first-order valence-corrected chi connectivity index (χ1v) is 5.02. The molecule has 0 unspecified atom stereocenters. The van der Waals surface area contributed by atoms with Gasteiger partial charge in [0.25, 0.3) is 0 Å². The smallest absolute Gasteiger partial charge is 0.209 e. The van der Waals surface area contributed by atoms with E-state index in [1.54, 1.807) is 19.1 Å². The molecule has 5 heteroatoms. The Balaban J connectivity index is 2.64.